The van der Waals surface area contributed by atoms with Gasteiger partial charge in [0.15, 0.2) is 0 Å². The highest BCUT2D eigenvalue weighted by Crippen LogP contribution is 2.39. The van der Waals surface area contributed by atoms with Crippen LogP contribution in [0.15, 0.2) is 36.7 Å². The fraction of sp³-hybridized carbons (Fsp3) is 0.552. The van der Waals surface area contributed by atoms with Gasteiger partial charge in [-0.3, -0.25) is 14.6 Å². The maximum Gasteiger partial charge on any atom is 0.245 e. The molecule has 1 aromatic carbocycles. The van der Waals surface area contributed by atoms with E-state index in [0.29, 0.717) is 6.54 Å². The second kappa shape index (κ2) is 11.2. The lowest BCUT2D eigenvalue weighted by atomic mass is 9.83. The number of likely N-dealkylation sites (tertiary alicyclic amines) is 1. The van der Waals surface area contributed by atoms with Crippen LogP contribution in [0.4, 0.5) is 15.8 Å². The number of benzene rings is 1. The Kier molecular flexibility index (Phi) is 7.74. The summed E-state index contributed by atoms with van der Waals surface area (Å²) in [6.07, 6.45) is 11.6. The molecule has 2 amide bonds. The lowest BCUT2D eigenvalue weighted by molar-refractivity contribution is -0.139. The smallest absolute Gasteiger partial charge is 0.245 e. The highest BCUT2D eigenvalue weighted by Gasteiger charge is 2.39. The molecule has 0 spiro atoms. The van der Waals surface area contributed by atoms with Gasteiger partial charge in [-0.25, -0.2) is 4.39 Å². The number of nitrogens with one attached hydrogen (secondary N) is 2. The molecule has 198 valence electrons. The zero-order valence-electron chi connectivity index (χ0n) is 21.9. The molecule has 3 aliphatic rings. The van der Waals surface area contributed by atoms with Crippen LogP contribution < -0.4 is 15.5 Å². The first kappa shape index (κ1) is 25.6. The maximum atomic E-state index is 14.0. The van der Waals surface area contributed by atoms with E-state index in [1.54, 1.807) is 13.1 Å². The van der Waals surface area contributed by atoms with E-state index in [4.69, 9.17) is 0 Å². The minimum absolute atomic E-state index is 0.0263. The summed E-state index contributed by atoms with van der Waals surface area (Å²) in [5, 5.41) is 6.10. The fourth-order valence-electron chi connectivity index (χ4n) is 6.23. The Bertz CT molecular complexity index is 1140. The Labute approximate surface area is 218 Å². The van der Waals surface area contributed by atoms with Gasteiger partial charge in [-0.05, 0) is 87.4 Å². The summed E-state index contributed by atoms with van der Waals surface area (Å²) in [5.74, 6) is -0.147. The van der Waals surface area contributed by atoms with Crippen molar-refractivity contribution in [2.75, 3.05) is 25.0 Å². The van der Waals surface area contributed by atoms with Crippen LogP contribution >= 0.6 is 0 Å². The minimum atomic E-state index is -0.499. The van der Waals surface area contributed by atoms with Gasteiger partial charge in [-0.1, -0.05) is 19.3 Å². The fourth-order valence-corrected chi connectivity index (χ4v) is 6.23. The summed E-state index contributed by atoms with van der Waals surface area (Å²) in [4.78, 5) is 35.6. The summed E-state index contributed by atoms with van der Waals surface area (Å²) in [6.45, 7) is 3.27. The standard InChI is InChI=1S/C29H38FN5O2/c1-19(31-2)28(36)33-27(20-7-4-3-5-8-20)29(37)35-13-6-9-25(35)22-16-24(18-32-17-22)34-14-12-21-15-23(30)10-11-26(21)34/h10-11,15-20,25,27,31H,3-9,12-14H2,1-2H3,(H,33,36)/t19?,25?,27-/m0/s1. The van der Waals surface area contributed by atoms with E-state index in [2.05, 4.69) is 26.6 Å². The highest BCUT2D eigenvalue weighted by atomic mass is 19.1. The van der Waals surface area contributed by atoms with Gasteiger partial charge in [0.1, 0.15) is 11.9 Å². The molecule has 1 aromatic heterocycles. The summed E-state index contributed by atoms with van der Waals surface area (Å²) >= 11 is 0. The minimum Gasteiger partial charge on any atom is -0.343 e. The number of rotatable bonds is 7. The van der Waals surface area contributed by atoms with Crippen LogP contribution in [0.3, 0.4) is 0 Å². The number of carbonyl (C=O) groups is 2. The second-order valence-corrected chi connectivity index (χ2v) is 10.7. The van der Waals surface area contributed by atoms with E-state index in [1.807, 2.05) is 30.3 Å². The first-order chi connectivity index (χ1) is 18.0. The predicted octanol–water partition coefficient (Wildman–Crippen LogP) is 4.25. The second-order valence-electron chi connectivity index (χ2n) is 10.7. The van der Waals surface area contributed by atoms with Crippen molar-refractivity contribution in [1.29, 1.82) is 0 Å². The summed E-state index contributed by atoms with van der Waals surface area (Å²) in [6, 6.07) is 6.14. The summed E-state index contributed by atoms with van der Waals surface area (Å²) < 4.78 is 13.7. The molecule has 1 saturated carbocycles. The van der Waals surface area contributed by atoms with Crippen molar-refractivity contribution in [2.45, 2.75) is 76.4 Å². The van der Waals surface area contributed by atoms with Crippen molar-refractivity contribution in [2.24, 2.45) is 5.92 Å². The average molecular weight is 508 g/mol. The average Bonchev–Trinajstić information content (AvgIpc) is 3.58. The van der Waals surface area contributed by atoms with Crippen LogP contribution in [-0.2, 0) is 16.0 Å². The number of nitrogens with zero attached hydrogens (tertiary/aromatic N) is 3. The quantitative estimate of drug-likeness (QED) is 0.586. The van der Waals surface area contributed by atoms with E-state index in [-0.39, 0.29) is 35.6 Å². The van der Waals surface area contributed by atoms with E-state index in [9.17, 15) is 14.0 Å². The van der Waals surface area contributed by atoms with Crippen LogP contribution in [0.5, 0.6) is 0 Å². The molecule has 2 aliphatic heterocycles. The summed E-state index contributed by atoms with van der Waals surface area (Å²) in [5.41, 5.74) is 3.99. The molecule has 7 nitrogen and oxygen atoms in total. The molecule has 5 rings (SSSR count). The Morgan fingerprint density at radius 2 is 1.86 bits per heavy atom. The van der Waals surface area contributed by atoms with Crippen molar-refractivity contribution >= 4 is 23.2 Å². The zero-order chi connectivity index (χ0) is 25.9. The van der Waals surface area contributed by atoms with Gasteiger partial charge in [-0.15, -0.1) is 0 Å². The van der Waals surface area contributed by atoms with E-state index >= 15 is 0 Å². The molecule has 2 fully saturated rings. The molecule has 3 heterocycles. The lowest BCUT2D eigenvalue weighted by Gasteiger charge is -2.35. The zero-order valence-corrected chi connectivity index (χ0v) is 21.9. The number of likely N-dealkylation sites (N-methyl/N-ethyl adjacent to an activating group) is 1. The largest absolute Gasteiger partial charge is 0.343 e. The van der Waals surface area contributed by atoms with Crippen molar-refractivity contribution in [3.8, 4) is 0 Å². The normalized spacial score (nSPS) is 21.5. The van der Waals surface area contributed by atoms with Gasteiger partial charge in [0.25, 0.3) is 0 Å². The number of pyridine rings is 1. The number of halogens is 1. The van der Waals surface area contributed by atoms with Crippen molar-refractivity contribution < 1.29 is 14.0 Å². The number of amides is 2. The number of aromatic nitrogens is 1. The van der Waals surface area contributed by atoms with E-state index in [1.165, 1.54) is 12.5 Å². The molecule has 0 bridgehead atoms. The van der Waals surface area contributed by atoms with Gasteiger partial charge in [0.2, 0.25) is 11.8 Å². The molecular weight excluding hydrogens is 469 g/mol. The van der Waals surface area contributed by atoms with Gasteiger partial charge in [-0.2, -0.15) is 0 Å². The van der Waals surface area contributed by atoms with Crippen LogP contribution in [-0.4, -0.2) is 53.9 Å². The maximum absolute atomic E-state index is 14.0. The third-order valence-electron chi connectivity index (χ3n) is 8.43. The molecule has 3 atom stereocenters. The van der Waals surface area contributed by atoms with Crippen LogP contribution in [0.25, 0.3) is 0 Å². The third kappa shape index (κ3) is 5.35. The van der Waals surface area contributed by atoms with Crippen molar-refractivity contribution in [3.63, 3.8) is 0 Å². The molecule has 37 heavy (non-hydrogen) atoms. The number of anilines is 2. The molecule has 0 radical (unpaired) electrons. The third-order valence-corrected chi connectivity index (χ3v) is 8.43. The lowest BCUT2D eigenvalue weighted by Crippen LogP contribution is -2.55. The van der Waals surface area contributed by atoms with Crippen LogP contribution in [0, 0.1) is 11.7 Å². The number of carbonyl (C=O) groups excluding carboxylic acids is 2. The van der Waals surface area contributed by atoms with Crippen molar-refractivity contribution in [3.05, 3.63) is 53.6 Å². The van der Waals surface area contributed by atoms with Crippen LogP contribution in [0.1, 0.15) is 69.0 Å². The Morgan fingerprint density at radius 1 is 1.05 bits per heavy atom. The molecule has 1 saturated heterocycles. The Balaban J connectivity index is 1.38. The number of hydrogen-bond donors (Lipinski definition) is 2. The molecule has 2 unspecified atom stereocenters. The monoisotopic (exact) mass is 507 g/mol. The first-order valence-electron chi connectivity index (χ1n) is 13.8. The van der Waals surface area contributed by atoms with Gasteiger partial charge >= 0.3 is 0 Å². The molecule has 8 heteroatoms. The Morgan fingerprint density at radius 3 is 2.65 bits per heavy atom. The van der Waals surface area contributed by atoms with Gasteiger partial charge < -0.3 is 20.4 Å². The molecule has 1 aliphatic carbocycles. The highest BCUT2D eigenvalue weighted by molar-refractivity contribution is 5.90. The number of hydrogen-bond acceptors (Lipinski definition) is 5. The van der Waals surface area contributed by atoms with E-state index < -0.39 is 6.04 Å². The van der Waals surface area contributed by atoms with Crippen LogP contribution in [0.2, 0.25) is 0 Å². The Hall–Kier alpha value is -3.00. The number of fused-ring (bicyclic) bond motifs is 1. The first-order valence-corrected chi connectivity index (χ1v) is 13.8. The predicted molar refractivity (Wildman–Crippen MR) is 142 cm³/mol. The van der Waals surface area contributed by atoms with E-state index in [0.717, 1.165) is 74.0 Å². The van der Waals surface area contributed by atoms with Crippen molar-refractivity contribution in [1.82, 2.24) is 20.5 Å². The van der Waals surface area contributed by atoms with Gasteiger partial charge in [0.05, 0.1) is 24.0 Å². The molecule has 2 aromatic rings. The summed E-state index contributed by atoms with van der Waals surface area (Å²) in [7, 11) is 1.76. The van der Waals surface area contributed by atoms with Gasteiger partial charge in [0, 0.05) is 25.0 Å². The topological polar surface area (TPSA) is 77.6 Å². The molecular formula is C29H38FN5O2. The molecule has 2 N–H and O–H groups in total. The SMILES string of the molecule is CNC(C)C(=O)N[C@H](C(=O)N1CCCC1c1cncc(N2CCc3cc(F)ccc32)c1)C1CCCCC1.